The van der Waals surface area contributed by atoms with E-state index in [1.54, 1.807) is 11.8 Å². The van der Waals surface area contributed by atoms with Crippen LogP contribution in [0.2, 0.25) is 0 Å². The van der Waals surface area contributed by atoms with E-state index in [1.165, 1.54) is 19.3 Å². The van der Waals surface area contributed by atoms with E-state index in [4.69, 9.17) is 0 Å². The van der Waals surface area contributed by atoms with Gasteiger partial charge in [0.25, 0.3) is 0 Å². The van der Waals surface area contributed by atoms with E-state index in [0.29, 0.717) is 0 Å². The second-order valence-corrected chi connectivity index (χ2v) is 6.20. The monoisotopic (exact) mass is 218 g/mol. The third-order valence-corrected chi connectivity index (χ3v) is 5.19. The largest absolute Gasteiger partial charge is 0.254 e. The Balaban J connectivity index is 2.27. The molecule has 76 valence electrons. The zero-order valence-electron chi connectivity index (χ0n) is 8.25. The van der Waals surface area contributed by atoms with Gasteiger partial charge in [-0.2, -0.15) is 0 Å². The van der Waals surface area contributed by atoms with Crippen LogP contribution in [0.25, 0.3) is 0 Å². The first-order valence-electron chi connectivity index (χ1n) is 5.06. The molecule has 1 atom stereocenters. The van der Waals surface area contributed by atoms with Crippen molar-refractivity contribution in [2.45, 2.75) is 39.0 Å². The summed E-state index contributed by atoms with van der Waals surface area (Å²) in [6.07, 6.45) is 8.22. The highest BCUT2D eigenvalue weighted by atomic mass is 32.2. The van der Waals surface area contributed by atoms with E-state index in [-0.39, 0.29) is 0 Å². The maximum atomic E-state index is 11.5. The number of rotatable bonds is 4. The smallest absolute Gasteiger partial charge is 0.0676 e. The van der Waals surface area contributed by atoms with Crippen LogP contribution in [0.4, 0.5) is 0 Å². The molecule has 0 aromatic rings. The van der Waals surface area contributed by atoms with Gasteiger partial charge in [-0.05, 0) is 25.0 Å². The molecule has 0 amide bonds. The van der Waals surface area contributed by atoms with Crippen molar-refractivity contribution < 1.29 is 4.21 Å². The fourth-order valence-corrected chi connectivity index (χ4v) is 4.14. The Bertz CT molecular complexity index is 199. The molecule has 1 nitrogen and oxygen atoms in total. The van der Waals surface area contributed by atoms with Crippen LogP contribution in [-0.4, -0.2) is 15.7 Å². The minimum atomic E-state index is -0.659. The summed E-state index contributed by atoms with van der Waals surface area (Å²) in [7, 11) is -0.659. The Hall–Kier alpha value is 0.240. The van der Waals surface area contributed by atoms with Gasteiger partial charge in [0.1, 0.15) is 0 Å². The van der Waals surface area contributed by atoms with Gasteiger partial charge in [0.2, 0.25) is 0 Å². The van der Waals surface area contributed by atoms with Crippen LogP contribution in [0.1, 0.15) is 39.0 Å². The van der Waals surface area contributed by atoms with Crippen LogP contribution >= 0.6 is 11.8 Å². The topological polar surface area (TPSA) is 17.1 Å². The molecule has 0 N–H and O–H groups in total. The Labute approximate surface area is 87.8 Å². The molecule has 0 radical (unpaired) electrons. The first-order valence-corrected chi connectivity index (χ1v) is 7.36. The molecular formula is C10H18OS2. The zero-order chi connectivity index (χ0) is 9.52. The first kappa shape index (κ1) is 11.3. The first-order chi connectivity index (χ1) is 6.34. The second-order valence-electron chi connectivity index (χ2n) is 3.27. The van der Waals surface area contributed by atoms with Gasteiger partial charge >= 0.3 is 0 Å². The lowest BCUT2D eigenvalue weighted by atomic mass is 10.2. The van der Waals surface area contributed by atoms with Crippen molar-refractivity contribution in [1.29, 1.82) is 0 Å². The van der Waals surface area contributed by atoms with Gasteiger partial charge in [-0.15, -0.1) is 11.8 Å². The van der Waals surface area contributed by atoms with Crippen LogP contribution in [-0.2, 0) is 10.8 Å². The SMILES string of the molecule is CCCCC/C=C1\SCCCS1=O. The molecule has 3 heteroatoms. The van der Waals surface area contributed by atoms with Gasteiger partial charge in [-0.3, -0.25) is 4.21 Å². The van der Waals surface area contributed by atoms with Crippen LogP contribution in [0, 0.1) is 0 Å². The molecule has 1 unspecified atom stereocenters. The van der Waals surface area contributed by atoms with Gasteiger partial charge in [0, 0.05) is 5.75 Å². The molecule has 1 aliphatic rings. The maximum absolute atomic E-state index is 11.5. The predicted molar refractivity (Wildman–Crippen MR) is 62.3 cm³/mol. The molecule has 1 saturated heterocycles. The minimum Gasteiger partial charge on any atom is -0.254 e. The van der Waals surface area contributed by atoms with Crippen molar-refractivity contribution in [2.24, 2.45) is 0 Å². The van der Waals surface area contributed by atoms with Crippen molar-refractivity contribution in [1.82, 2.24) is 0 Å². The predicted octanol–water partition coefficient (Wildman–Crippen LogP) is 3.29. The Morgan fingerprint density at radius 2 is 2.38 bits per heavy atom. The summed E-state index contributed by atoms with van der Waals surface area (Å²) in [6.45, 7) is 2.21. The van der Waals surface area contributed by atoms with Gasteiger partial charge in [0.15, 0.2) is 0 Å². The van der Waals surface area contributed by atoms with Crippen LogP contribution in [0.3, 0.4) is 0 Å². The summed E-state index contributed by atoms with van der Waals surface area (Å²) in [4.78, 5) is 0. The average molecular weight is 218 g/mol. The molecule has 1 aliphatic heterocycles. The molecule has 0 saturated carbocycles. The van der Waals surface area contributed by atoms with Crippen LogP contribution < -0.4 is 0 Å². The van der Waals surface area contributed by atoms with Crippen molar-refractivity contribution in [2.75, 3.05) is 11.5 Å². The molecule has 1 fully saturated rings. The molecule has 1 heterocycles. The van der Waals surface area contributed by atoms with Gasteiger partial charge in [0.05, 0.1) is 15.0 Å². The number of unbranched alkanes of at least 4 members (excludes halogenated alkanes) is 3. The second kappa shape index (κ2) is 6.66. The van der Waals surface area contributed by atoms with E-state index in [1.807, 2.05) is 0 Å². The van der Waals surface area contributed by atoms with Crippen molar-refractivity contribution in [3.05, 3.63) is 10.3 Å². The summed E-state index contributed by atoms with van der Waals surface area (Å²) in [5, 5.41) is 0. The lowest BCUT2D eigenvalue weighted by molar-refractivity contribution is 0.686. The highest BCUT2D eigenvalue weighted by Crippen LogP contribution is 2.27. The summed E-state index contributed by atoms with van der Waals surface area (Å²) in [5.74, 6) is 2.04. The van der Waals surface area contributed by atoms with Gasteiger partial charge < -0.3 is 0 Å². The highest BCUT2D eigenvalue weighted by Gasteiger charge is 2.12. The molecule has 0 aromatic carbocycles. The summed E-state index contributed by atoms with van der Waals surface area (Å²) in [5.41, 5.74) is 0. The van der Waals surface area contributed by atoms with Crippen LogP contribution in [0.15, 0.2) is 10.3 Å². The fraction of sp³-hybridized carbons (Fsp3) is 0.800. The normalized spacial score (nSPS) is 26.5. The lowest BCUT2D eigenvalue weighted by Gasteiger charge is -2.12. The molecule has 0 aliphatic carbocycles. The average Bonchev–Trinajstić information content (AvgIpc) is 2.15. The van der Waals surface area contributed by atoms with E-state index < -0.39 is 10.8 Å². The molecule has 13 heavy (non-hydrogen) atoms. The van der Waals surface area contributed by atoms with Crippen molar-refractivity contribution in [3.63, 3.8) is 0 Å². The fourth-order valence-electron chi connectivity index (χ4n) is 1.30. The van der Waals surface area contributed by atoms with E-state index >= 15 is 0 Å². The van der Waals surface area contributed by atoms with Gasteiger partial charge in [-0.1, -0.05) is 25.8 Å². The quantitative estimate of drug-likeness (QED) is 0.674. The molecule has 0 spiro atoms. The summed E-state index contributed by atoms with van der Waals surface area (Å²) < 4.78 is 12.6. The van der Waals surface area contributed by atoms with E-state index in [2.05, 4.69) is 13.0 Å². The Morgan fingerprint density at radius 3 is 3.08 bits per heavy atom. The third-order valence-electron chi connectivity index (χ3n) is 2.06. The summed E-state index contributed by atoms with van der Waals surface area (Å²) >= 11 is 1.79. The molecule has 0 bridgehead atoms. The number of hydrogen-bond donors (Lipinski definition) is 0. The zero-order valence-corrected chi connectivity index (χ0v) is 9.88. The van der Waals surface area contributed by atoms with Crippen LogP contribution in [0.5, 0.6) is 0 Å². The number of thioether (sulfide) groups is 1. The number of hydrogen-bond acceptors (Lipinski definition) is 2. The summed E-state index contributed by atoms with van der Waals surface area (Å²) in [6, 6.07) is 0. The maximum Gasteiger partial charge on any atom is 0.0676 e. The third kappa shape index (κ3) is 4.32. The van der Waals surface area contributed by atoms with E-state index in [0.717, 1.165) is 28.6 Å². The lowest BCUT2D eigenvalue weighted by Crippen LogP contribution is -2.06. The Kier molecular flexibility index (Phi) is 5.80. The minimum absolute atomic E-state index is 0.659. The highest BCUT2D eigenvalue weighted by molar-refractivity contribution is 8.17. The molecular weight excluding hydrogens is 200 g/mol. The molecule has 1 rings (SSSR count). The van der Waals surface area contributed by atoms with Gasteiger partial charge in [-0.25, -0.2) is 0 Å². The number of allylic oxidation sites excluding steroid dienone is 1. The van der Waals surface area contributed by atoms with E-state index in [9.17, 15) is 4.21 Å². The van der Waals surface area contributed by atoms with Crippen molar-refractivity contribution in [3.8, 4) is 0 Å². The van der Waals surface area contributed by atoms with Crippen molar-refractivity contribution >= 4 is 22.6 Å². The molecule has 0 aromatic heterocycles. The Morgan fingerprint density at radius 1 is 1.54 bits per heavy atom. The standard InChI is InChI=1S/C10H18OS2/c1-2-3-4-5-7-10-12-8-6-9-13(10)11/h7H,2-6,8-9H2,1H3/b10-7+.